The van der Waals surface area contributed by atoms with Crippen LogP contribution in [0.15, 0.2) is 48.7 Å². The Kier molecular flexibility index (Phi) is 8.89. The number of methoxy groups -OCH3 is 2. The van der Waals surface area contributed by atoms with Gasteiger partial charge in [0.25, 0.3) is 5.91 Å². The fraction of sp³-hybridized carbons (Fsp3) is 0.419. The Hall–Kier alpha value is -3.58. The van der Waals surface area contributed by atoms with E-state index >= 15 is 0 Å². The van der Waals surface area contributed by atoms with Crippen LogP contribution in [0.1, 0.15) is 62.9 Å². The highest BCUT2D eigenvalue weighted by Crippen LogP contribution is 2.27. The molecular formula is C31H39N3O4. The van der Waals surface area contributed by atoms with Gasteiger partial charge >= 0.3 is 0 Å². The monoisotopic (exact) mass is 517 g/mol. The van der Waals surface area contributed by atoms with E-state index in [0.29, 0.717) is 36.5 Å². The van der Waals surface area contributed by atoms with Crippen LogP contribution in [0.4, 0.5) is 0 Å². The second-order valence-corrected chi connectivity index (χ2v) is 10.0. The Morgan fingerprint density at radius 1 is 0.921 bits per heavy atom. The van der Waals surface area contributed by atoms with Crippen molar-refractivity contribution in [3.8, 4) is 11.5 Å². The molecule has 0 atom stereocenters. The number of hydrogen-bond donors (Lipinski definition) is 0. The van der Waals surface area contributed by atoms with E-state index in [0.717, 1.165) is 60.7 Å². The molecule has 1 saturated heterocycles. The largest absolute Gasteiger partial charge is 0.497 e. The van der Waals surface area contributed by atoms with Crippen LogP contribution in [0.3, 0.4) is 0 Å². The topological polar surface area (TPSA) is 64.0 Å². The van der Waals surface area contributed by atoms with Crippen molar-refractivity contribution >= 4 is 11.7 Å². The zero-order valence-electron chi connectivity index (χ0n) is 23.3. The molecule has 7 heteroatoms. The standard InChI is InChI=1S/C31H39N3O4/c1-6-7-14-34-20-23(3)28(30(35)24-10-8-22(2)9-11-24)29(34)31(36)33-17-15-32(16-18-33)21-25-19-26(37-4)12-13-27(25)38-5/h8-13,19-20H,6-7,14-18,21H2,1-5H3. The first-order valence-corrected chi connectivity index (χ1v) is 13.4. The molecule has 1 fully saturated rings. The highest BCUT2D eigenvalue weighted by molar-refractivity contribution is 6.15. The number of rotatable bonds is 10. The molecule has 38 heavy (non-hydrogen) atoms. The van der Waals surface area contributed by atoms with E-state index in [2.05, 4.69) is 11.8 Å². The number of piperazine rings is 1. The number of unbranched alkanes of at least 4 members (excludes halogenated alkanes) is 1. The average molecular weight is 518 g/mol. The lowest BCUT2D eigenvalue weighted by atomic mass is 9.99. The molecule has 0 unspecified atom stereocenters. The second kappa shape index (κ2) is 12.3. The molecule has 2 heterocycles. The lowest BCUT2D eigenvalue weighted by Gasteiger charge is -2.35. The molecule has 0 aliphatic carbocycles. The zero-order valence-corrected chi connectivity index (χ0v) is 23.3. The van der Waals surface area contributed by atoms with Gasteiger partial charge in [-0.25, -0.2) is 0 Å². The third-order valence-electron chi connectivity index (χ3n) is 7.30. The van der Waals surface area contributed by atoms with Crippen LogP contribution in [0.5, 0.6) is 11.5 Å². The number of amides is 1. The number of ether oxygens (including phenoxy) is 2. The number of ketones is 1. The number of aromatic nitrogens is 1. The molecule has 4 rings (SSSR count). The summed E-state index contributed by atoms with van der Waals surface area (Å²) in [5.74, 6) is 1.46. The molecule has 0 spiro atoms. The molecule has 3 aromatic rings. The minimum absolute atomic E-state index is 0.0664. The minimum atomic E-state index is -0.0927. The van der Waals surface area contributed by atoms with Crippen molar-refractivity contribution in [1.82, 2.24) is 14.4 Å². The Morgan fingerprint density at radius 3 is 2.26 bits per heavy atom. The molecule has 202 valence electrons. The van der Waals surface area contributed by atoms with Gasteiger partial charge in [0.15, 0.2) is 5.78 Å². The van der Waals surface area contributed by atoms with Crippen LogP contribution >= 0.6 is 0 Å². The van der Waals surface area contributed by atoms with E-state index in [1.54, 1.807) is 14.2 Å². The van der Waals surface area contributed by atoms with Gasteiger partial charge in [-0.2, -0.15) is 0 Å². The molecule has 1 aliphatic rings. The summed E-state index contributed by atoms with van der Waals surface area (Å²) >= 11 is 0. The first-order valence-electron chi connectivity index (χ1n) is 13.4. The van der Waals surface area contributed by atoms with Crippen molar-refractivity contribution in [2.24, 2.45) is 0 Å². The number of carbonyl (C=O) groups is 2. The van der Waals surface area contributed by atoms with Crippen LogP contribution in [0, 0.1) is 13.8 Å². The smallest absolute Gasteiger partial charge is 0.271 e. The highest BCUT2D eigenvalue weighted by Gasteiger charge is 2.31. The van der Waals surface area contributed by atoms with Gasteiger partial charge in [-0.1, -0.05) is 43.2 Å². The summed E-state index contributed by atoms with van der Waals surface area (Å²) in [7, 11) is 3.33. The van der Waals surface area contributed by atoms with E-state index in [4.69, 9.17) is 9.47 Å². The van der Waals surface area contributed by atoms with Crippen molar-refractivity contribution in [2.75, 3.05) is 40.4 Å². The molecule has 1 aromatic heterocycles. The Balaban J connectivity index is 1.54. The molecule has 7 nitrogen and oxygen atoms in total. The van der Waals surface area contributed by atoms with E-state index < -0.39 is 0 Å². The maximum Gasteiger partial charge on any atom is 0.271 e. The van der Waals surface area contributed by atoms with Crippen LogP contribution in [0.2, 0.25) is 0 Å². The Morgan fingerprint density at radius 2 is 1.63 bits per heavy atom. The SMILES string of the molecule is CCCCn1cc(C)c(C(=O)c2ccc(C)cc2)c1C(=O)N1CCN(Cc2cc(OC)ccc2OC)CC1. The van der Waals surface area contributed by atoms with Crippen molar-refractivity contribution in [2.45, 2.75) is 46.7 Å². The van der Waals surface area contributed by atoms with Gasteiger partial charge in [0.05, 0.1) is 19.8 Å². The zero-order chi connectivity index (χ0) is 27.2. The molecule has 0 N–H and O–H groups in total. The summed E-state index contributed by atoms with van der Waals surface area (Å²) in [4.78, 5) is 31.8. The van der Waals surface area contributed by atoms with Crippen molar-refractivity contribution in [1.29, 1.82) is 0 Å². The Labute approximate surface area is 226 Å². The predicted octanol–water partition coefficient (Wildman–Crippen LogP) is 5.11. The number of hydrogen-bond acceptors (Lipinski definition) is 5. The van der Waals surface area contributed by atoms with Crippen LogP contribution in [-0.2, 0) is 13.1 Å². The quantitative estimate of drug-likeness (QED) is 0.350. The van der Waals surface area contributed by atoms with Gasteiger partial charge in [0, 0.05) is 56.6 Å². The van der Waals surface area contributed by atoms with Crippen molar-refractivity contribution < 1.29 is 19.1 Å². The van der Waals surface area contributed by atoms with E-state index in [-0.39, 0.29) is 11.7 Å². The molecule has 0 saturated carbocycles. The molecule has 0 bridgehead atoms. The lowest BCUT2D eigenvalue weighted by molar-refractivity contribution is 0.0613. The molecule has 2 aromatic carbocycles. The summed E-state index contributed by atoms with van der Waals surface area (Å²) < 4.78 is 12.9. The third-order valence-corrected chi connectivity index (χ3v) is 7.30. The van der Waals surface area contributed by atoms with Crippen LogP contribution < -0.4 is 9.47 Å². The third kappa shape index (κ3) is 5.94. The number of aryl methyl sites for hydroxylation is 3. The van der Waals surface area contributed by atoms with Gasteiger partial charge in [-0.3, -0.25) is 14.5 Å². The van der Waals surface area contributed by atoms with E-state index in [1.165, 1.54) is 0 Å². The molecule has 1 amide bonds. The van der Waals surface area contributed by atoms with E-state index in [9.17, 15) is 9.59 Å². The summed E-state index contributed by atoms with van der Waals surface area (Å²) in [6.07, 6.45) is 3.93. The second-order valence-electron chi connectivity index (χ2n) is 10.0. The minimum Gasteiger partial charge on any atom is -0.497 e. The maximum atomic E-state index is 14.0. The molecular weight excluding hydrogens is 478 g/mol. The number of carbonyl (C=O) groups excluding carboxylic acids is 2. The summed E-state index contributed by atoms with van der Waals surface area (Å²) in [6.45, 7) is 10.2. The number of benzene rings is 2. The van der Waals surface area contributed by atoms with Gasteiger partial charge in [-0.15, -0.1) is 0 Å². The first-order chi connectivity index (χ1) is 18.4. The summed E-state index contributed by atoms with van der Waals surface area (Å²) in [5.41, 5.74) is 4.65. The van der Waals surface area contributed by atoms with E-state index in [1.807, 2.05) is 72.0 Å². The Bertz CT molecular complexity index is 1270. The van der Waals surface area contributed by atoms with Gasteiger partial charge in [0.1, 0.15) is 17.2 Å². The van der Waals surface area contributed by atoms with Crippen molar-refractivity contribution in [3.05, 3.63) is 82.2 Å². The summed E-state index contributed by atoms with van der Waals surface area (Å²) in [5, 5.41) is 0. The molecule has 0 radical (unpaired) electrons. The maximum absolute atomic E-state index is 14.0. The van der Waals surface area contributed by atoms with Gasteiger partial charge < -0.3 is 18.9 Å². The first kappa shape index (κ1) is 27.5. The van der Waals surface area contributed by atoms with Crippen LogP contribution in [-0.4, -0.2) is 66.5 Å². The number of nitrogens with zero attached hydrogens (tertiary/aromatic N) is 3. The van der Waals surface area contributed by atoms with Crippen LogP contribution in [0.25, 0.3) is 0 Å². The normalized spacial score (nSPS) is 14.0. The van der Waals surface area contributed by atoms with Gasteiger partial charge in [-0.05, 0) is 44.0 Å². The summed E-state index contributed by atoms with van der Waals surface area (Å²) in [6, 6.07) is 13.4. The molecule has 1 aliphatic heterocycles. The van der Waals surface area contributed by atoms with Crippen molar-refractivity contribution in [3.63, 3.8) is 0 Å². The highest BCUT2D eigenvalue weighted by atomic mass is 16.5. The average Bonchev–Trinajstić information content (AvgIpc) is 3.27. The van der Waals surface area contributed by atoms with Gasteiger partial charge in [0.2, 0.25) is 0 Å². The fourth-order valence-corrected chi connectivity index (χ4v) is 5.07. The lowest BCUT2D eigenvalue weighted by Crippen LogP contribution is -2.49. The fourth-order valence-electron chi connectivity index (χ4n) is 5.07. The predicted molar refractivity (Wildman–Crippen MR) is 149 cm³/mol.